The number of hydrogen-bond donors (Lipinski definition) is 1. The lowest BCUT2D eigenvalue weighted by atomic mass is 10.1. The third kappa shape index (κ3) is 2.75. The number of ether oxygens (including phenoxy) is 1. The molecule has 5 rings (SSSR count). The van der Waals surface area contributed by atoms with Gasteiger partial charge in [0.25, 0.3) is 5.91 Å². The van der Waals surface area contributed by atoms with Crippen molar-refractivity contribution in [1.82, 2.24) is 0 Å². The van der Waals surface area contributed by atoms with Gasteiger partial charge in [-0.15, -0.1) is 0 Å². The second-order valence-electron chi connectivity index (χ2n) is 6.59. The number of para-hydroxylation sites is 3. The summed E-state index contributed by atoms with van der Waals surface area (Å²) in [4.78, 5) is 26.3. The van der Waals surface area contributed by atoms with Crippen LogP contribution < -0.4 is 15.0 Å². The number of anilines is 2. The number of fused-ring (bicyclic) bond motifs is 4. The molecule has 2 amide bonds. The third-order valence-corrected chi connectivity index (χ3v) is 4.77. The first kappa shape index (κ1) is 16.4. The van der Waals surface area contributed by atoms with Crippen molar-refractivity contribution in [3.8, 4) is 5.75 Å². The molecule has 1 aromatic heterocycles. The Labute approximate surface area is 160 Å². The van der Waals surface area contributed by atoms with E-state index in [0.29, 0.717) is 17.1 Å². The van der Waals surface area contributed by atoms with Crippen molar-refractivity contribution < 1.29 is 18.7 Å². The zero-order chi connectivity index (χ0) is 19.1. The summed E-state index contributed by atoms with van der Waals surface area (Å²) in [6.45, 7) is -0.152. The Morgan fingerprint density at radius 2 is 1.75 bits per heavy atom. The molecular formula is C22H16N2O4. The maximum atomic E-state index is 12.6. The van der Waals surface area contributed by atoms with Gasteiger partial charge in [-0.1, -0.05) is 30.3 Å². The van der Waals surface area contributed by atoms with Crippen LogP contribution in [0, 0.1) is 0 Å². The first-order valence-corrected chi connectivity index (χ1v) is 8.92. The second kappa shape index (κ2) is 6.42. The monoisotopic (exact) mass is 372 g/mol. The van der Waals surface area contributed by atoms with E-state index >= 15 is 0 Å². The lowest BCUT2D eigenvalue weighted by Gasteiger charge is -2.28. The second-order valence-corrected chi connectivity index (χ2v) is 6.59. The van der Waals surface area contributed by atoms with Crippen LogP contribution in [0.15, 0.2) is 71.1 Å². The van der Waals surface area contributed by atoms with E-state index in [-0.39, 0.29) is 25.0 Å². The number of rotatable bonds is 3. The van der Waals surface area contributed by atoms with Crippen molar-refractivity contribution in [2.24, 2.45) is 0 Å². The van der Waals surface area contributed by atoms with Gasteiger partial charge < -0.3 is 14.5 Å². The molecule has 1 aliphatic heterocycles. The lowest BCUT2D eigenvalue weighted by molar-refractivity contribution is -0.123. The number of hydrogen-bond acceptors (Lipinski definition) is 4. The average Bonchev–Trinajstić information content (AvgIpc) is 3.08. The number of carbonyl (C=O) groups is 2. The molecule has 138 valence electrons. The standard InChI is InChI=1S/C22H16N2O4/c25-21(12-24-17-6-2-4-8-20(17)27-13-22(24)26)23-14-9-10-19-16(11-14)15-5-1-3-7-18(15)28-19/h1-11H,12-13H2,(H,23,25). The number of carbonyl (C=O) groups excluding carboxylic acids is 2. The molecule has 0 radical (unpaired) electrons. The van der Waals surface area contributed by atoms with E-state index in [4.69, 9.17) is 9.15 Å². The van der Waals surface area contributed by atoms with Crippen LogP contribution in [0.4, 0.5) is 11.4 Å². The summed E-state index contributed by atoms with van der Waals surface area (Å²) < 4.78 is 11.2. The average molecular weight is 372 g/mol. The third-order valence-electron chi connectivity index (χ3n) is 4.77. The molecule has 3 aromatic carbocycles. The molecule has 0 saturated carbocycles. The molecule has 4 aromatic rings. The minimum absolute atomic E-state index is 0.0722. The van der Waals surface area contributed by atoms with Crippen LogP contribution in [0.5, 0.6) is 5.75 Å². The topological polar surface area (TPSA) is 71.8 Å². The number of furan rings is 1. The van der Waals surface area contributed by atoms with Crippen molar-refractivity contribution in [3.63, 3.8) is 0 Å². The largest absolute Gasteiger partial charge is 0.482 e. The van der Waals surface area contributed by atoms with Crippen LogP contribution in [0.3, 0.4) is 0 Å². The van der Waals surface area contributed by atoms with E-state index in [0.717, 1.165) is 21.9 Å². The van der Waals surface area contributed by atoms with Crippen LogP contribution in [-0.2, 0) is 9.59 Å². The minimum atomic E-state index is -0.280. The molecule has 1 N–H and O–H groups in total. The summed E-state index contributed by atoms with van der Waals surface area (Å²) in [6.07, 6.45) is 0. The number of nitrogens with one attached hydrogen (secondary N) is 1. The molecule has 6 heteroatoms. The van der Waals surface area contributed by atoms with E-state index < -0.39 is 0 Å². The fourth-order valence-electron chi connectivity index (χ4n) is 3.48. The summed E-state index contributed by atoms with van der Waals surface area (Å²) in [5.41, 5.74) is 2.82. The quantitative estimate of drug-likeness (QED) is 0.591. The van der Waals surface area contributed by atoms with Gasteiger partial charge in [-0.2, -0.15) is 0 Å². The predicted molar refractivity (Wildman–Crippen MR) is 107 cm³/mol. The fourth-order valence-corrected chi connectivity index (χ4v) is 3.48. The Morgan fingerprint density at radius 1 is 0.964 bits per heavy atom. The first-order valence-electron chi connectivity index (χ1n) is 8.92. The van der Waals surface area contributed by atoms with Gasteiger partial charge >= 0.3 is 0 Å². The van der Waals surface area contributed by atoms with Gasteiger partial charge in [0, 0.05) is 16.5 Å². The maximum Gasteiger partial charge on any atom is 0.265 e. The summed E-state index contributed by atoms with van der Waals surface area (Å²) >= 11 is 0. The summed E-state index contributed by atoms with van der Waals surface area (Å²) in [6, 6.07) is 20.5. The molecule has 0 saturated heterocycles. The van der Waals surface area contributed by atoms with E-state index in [1.807, 2.05) is 48.5 Å². The van der Waals surface area contributed by atoms with Crippen molar-refractivity contribution in [1.29, 1.82) is 0 Å². The van der Waals surface area contributed by atoms with Crippen LogP contribution in [0.25, 0.3) is 21.9 Å². The zero-order valence-corrected chi connectivity index (χ0v) is 14.8. The van der Waals surface area contributed by atoms with Gasteiger partial charge in [0.15, 0.2) is 6.61 Å². The highest BCUT2D eigenvalue weighted by Crippen LogP contribution is 2.32. The van der Waals surface area contributed by atoms with Gasteiger partial charge in [-0.05, 0) is 36.4 Å². The van der Waals surface area contributed by atoms with Gasteiger partial charge in [0.05, 0.1) is 5.69 Å². The predicted octanol–water partition coefficient (Wildman–Crippen LogP) is 3.95. The molecule has 2 heterocycles. The Balaban J connectivity index is 1.40. The number of amides is 2. The van der Waals surface area contributed by atoms with Crippen LogP contribution in [0.1, 0.15) is 0 Å². The van der Waals surface area contributed by atoms with Crippen molar-refractivity contribution in [2.75, 3.05) is 23.4 Å². The van der Waals surface area contributed by atoms with Crippen LogP contribution in [0.2, 0.25) is 0 Å². The summed E-state index contributed by atoms with van der Waals surface area (Å²) in [5, 5.41) is 4.80. The smallest absolute Gasteiger partial charge is 0.265 e. The number of benzene rings is 3. The Bertz CT molecular complexity index is 1230. The van der Waals surface area contributed by atoms with E-state index in [9.17, 15) is 9.59 Å². The highest BCUT2D eigenvalue weighted by atomic mass is 16.5. The zero-order valence-electron chi connectivity index (χ0n) is 14.8. The molecule has 0 aliphatic carbocycles. The van der Waals surface area contributed by atoms with E-state index in [1.165, 1.54) is 4.90 Å². The molecule has 0 bridgehead atoms. The Kier molecular flexibility index (Phi) is 3.76. The van der Waals surface area contributed by atoms with Crippen LogP contribution >= 0.6 is 0 Å². The number of nitrogens with zero attached hydrogens (tertiary/aromatic N) is 1. The molecule has 1 aliphatic rings. The Morgan fingerprint density at radius 3 is 2.68 bits per heavy atom. The van der Waals surface area contributed by atoms with Gasteiger partial charge in [-0.25, -0.2) is 0 Å². The fraction of sp³-hybridized carbons (Fsp3) is 0.0909. The highest BCUT2D eigenvalue weighted by Gasteiger charge is 2.27. The SMILES string of the molecule is O=C(CN1C(=O)COc2ccccc21)Nc1ccc2oc3ccccc3c2c1. The van der Waals surface area contributed by atoms with Crippen LogP contribution in [-0.4, -0.2) is 25.0 Å². The molecule has 6 nitrogen and oxygen atoms in total. The van der Waals surface area contributed by atoms with E-state index in [2.05, 4.69) is 5.32 Å². The molecule has 0 spiro atoms. The van der Waals surface area contributed by atoms with E-state index in [1.54, 1.807) is 18.2 Å². The molecule has 28 heavy (non-hydrogen) atoms. The molecular weight excluding hydrogens is 356 g/mol. The highest BCUT2D eigenvalue weighted by molar-refractivity contribution is 6.08. The summed E-state index contributed by atoms with van der Waals surface area (Å²) in [7, 11) is 0. The van der Waals surface area contributed by atoms with Gasteiger partial charge in [0.2, 0.25) is 5.91 Å². The Hall–Kier alpha value is -3.80. The first-order chi connectivity index (χ1) is 13.7. The van der Waals surface area contributed by atoms with Crippen molar-refractivity contribution in [2.45, 2.75) is 0 Å². The molecule has 0 unspecified atom stereocenters. The van der Waals surface area contributed by atoms with Gasteiger partial charge in [0.1, 0.15) is 23.5 Å². The molecule has 0 atom stereocenters. The lowest BCUT2D eigenvalue weighted by Crippen LogP contribution is -2.43. The van der Waals surface area contributed by atoms with Crippen molar-refractivity contribution >= 4 is 45.1 Å². The normalized spacial score (nSPS) is 13.4. The van der Waals surface area contributed by atoms with Crippen molar-refractivity contribution in [3.05, 3.63) is 66.7 Å². The molecule has 0 fully saturated rings. The summed E-state index contributed by atoms with van der Waals surface area (Å²) in [5.74, 6) is 0.0727. The maximum absolute atomic E-state index is 12.6. The minimum Gasteiger partial charge on any atom is -0.482 e. The van der Waals surface area contributed by atoms with Gasteiger partial charge in [-0.3, -0.25) is 14.5 Å².